The van der Waals surface area contributed by atoms with E-state index in [9.17, 15) is 14.7 Å². The third-order valence-corrected chi connectivity index (χ3v) is 2.78. The van der Waals surface area contributed by atoms with Crippen molar-refractivity contribution < 1.29 is 14.7 Å². The SMILES string of the molecule is O=CCN1CCCN(c2ccccc2O)C1=O. The molecule has 1 heterocycles. The molecule has 5 heteroatoms. The van der Waals surface area contributed by atoms with Crippen molar-refractivity contribution in [1.29, 1.82) is 0 Å². The van der Waals surface area contributed by atoms with Gasteiger partial charge in [-0.15, -0.1) is 0 Å². The van der Waals surface area contributed by atoms with E-state index in [0.29, 0.717) is 25.1 Å². The van der Waals surface area contributed by atoms with E-state index in [4.69, 9.17) is 0 Å². The van der Waals surface area contributed by atoms with E-state index in [1.165, 1.54) is 9.80 Å². The summed E-state index contributed by atoms with van der Waals surface area (Å²) in [5.74, 6) is 0.0776. The fraction of sp³-hybridized carbons (Fsp3) is 0.333. The van der Waals surface area contributed by atoms with Crippen LogP contribution in [0, 0.1) is 0 Å². The summed E-state index contributed by atoms with van der Waals surface area (Å²) < 4.78 is 0. The average molecular weight is 234 g/mol. The number of benzene rings is 1. The van der Waals surface area contributed by atoms with E-state index in [-0.39, 0.29) is 18.3 Å². The zero-order chi connectivity index (χ0) is 12.3. The normalized spacial score (nSPS) is 16.1. The monoisotopic (exact) mass is 234 g/mol. The third-order valence-electron chi connectivity index (χ3n) is 2.78. The summed E-state index contributed by atoms with van der Waals surface area (Å²) in [5, 5.41) is 9.71. The molecule has 5 nitrogen and oxygen atoms in total. The lowest BCUT2D eigenvalue weighted by molar-refractivity contribution is -0.108. The molecular weight excluding hydrogens is 220 g/mol. The van der Waals surface area contributed by atoms with Gasteiger partial charge < -0.3 is 14.8 Å². The number of urea groups is 1. The van der Waals surface area contributed by atoms with Crippen LogP contribution < -0.4 is 4.90 Å². The molecule has 0 bridgehead atoms. The summed E-state index contributed by atoms with van der Waals surface area (Å²) in [6.07, 6.45) is 1.50. The van der Waals surface area contributed by atoms with Crippen molar-refractivity contribution in [2.45, 2.75) is 6.42 Å². The zero-order valence-corrected chi connectivity index (χ0v) is 9.37. The Morgan fingerprint density at radius 3 is 2.76 bits per heavy atom. The topological polar surface area (TPSA) is 60.9 Å². The first-order valence-electron chi connectivity index (χ1n) is 5.52. The summed E-state index contributed by atoms with van der Waals surface area (Å²) in [6, 6.07) is 6.47. The zero-order valence-electron chi connectivity index (χ0n) is 9.37. The van der Waals surface area contributed by atoms with Crippen LogP contribution in [0.15, 0.2) is 24.3 Å². The molecule has 1 aliphatic rings. The molecule has 1 aromatic carbocycles. The van der Waals surface area contributed by atoms with E-state index < -0.39 is 0 Å². The van der Waals surface area contributed by atoms with Crippen molar-refractivity contribution in [1.82, 2.24) is 4.90 Å². The van der Waals surface area contributed by atoms with Crippen LogP contribution in [0.1, 0.15) is 6.42 Å². The summed E-state index contributed by atoms with van der Waals surface area (Å²) in [5.41, 5.74) is 0.494. The Bertz CT molecular complexity index is 434. The van der Waals surface area contributed by atoms with Crippen LogP contribution in [0.4, 0.5) is 10.5 Å². The number of carbonyl (C=O) groups excluding carboxylic acids is 2. The molecule has 0 aromatic heterocycles. The molecule has 2 amide bonds. The molecule has 0 atom stereocenters. The van der Waals surface area contributed by atoms with Gasteiger partial charge in [-0.25, -0.2) is 4.79 Å². The maximum Gasteiger partial charge on any atom is 0.324 e. The molecule has 2 rings (SSSR count). The number of aromatic hydroxyl groups is 1. The molecule has 17 heavy (non-hydrogen) atoms. The molecular formula is C12H14N2O3. The van der Waals surface area contributed by atoms with Gasteiger partial charge in [0.15, 0.2) is 0 Å². The van der Waals surface area contributed by atoms with Crippen molar-refractivity contribution in [2.24, 2.45) is 0 Å². The minimum Gasteiger partial charge on any atom is -0.506 e. The minimum atomic E-state index is -0.232. The van der Waals surface area contributed by atoms with Crippen LogP contribution in [-0.2, 0) is 4.79 Å². The molecule has 90 valence electrons. The van der Waals surface area contributed by atoms with Crippen LogP contribution in [0.5, 0.6) is 5.75 Å². The minimum absolute atomic E-state index is 0.0776. The van der Waals surface area contributed by atoms with Crippen LogP contribution in [0.3, 0.4) is 0 Å². The van der Waals surface area contributed by atoms with Crippen molar-refractivity contribution in [3.8, 4) is 5.75 Å². The van der Waals surface area contributed by atoms with Gasteiger partial charge in [0.1, 0.15) is 12.0 Å². The fourth-order valence-electron chi connectivity index (χ4n) is 1.96. The number of hydrogen-bond acceptors (Lipinski definition) is 3. The first kappa shape index (κ1) is 11.4. The number of phenolic OH excluding ortho intramolecular Hbond substituents is 1. The molecule has 1 aliphatic heterocycles. The molecule has 0 aliphatic carbocycles. The smallest absolute Gasteiger partial charge is 0.324 e. The highest BCUT2D eigenvalue weighted by molar-refractivity contribution is 5.95. The standard InChI is InChI=1S/C12H14N2O3/c15-9-8-13-6-3-7-14(12(13)17)10-4-1-2-5-11(10)16/h1-2,4-5,9,16H,3,6-8H2. The van der Waals surface area contributed by atoms with Gasteiger partial charge in [-0.2, -0.15) is 0 Å². The van der Waals surface area contributed by atoms with E-state index in [1.807, 2.05) is 0 Å². The quantitative estimate of drug-likeness (QED) is 0.800. The van der Waals surface area contributed by atoms with Crippen molar-refractivity contribution in [2.75, 3.05) is 24.5 Å². The maximum absolute atomic E-state index is 12.0. The average Bonchev–Trinajstić information content (AvgIpc) is 2.33. The van der Waals surface area contributed by atoms with E-state index in [1.54, 1.807) is 24.3 Å². The van der Waals surface area contributed by atoms with Gasteiger partial charge >= 0.3 is 6.03 Å². The first-order valence-corrected chi connectivity index (χ1v) is 5.52. The number of amides is 2. The number of aldehydes is 1. The predicted molar refractivity (Wildman–Crippen MR) is 63.1 cm³/mol. The van der Waals surface area contributed by atoms with Crippen LogP contribution in [-0.4, -0.2) is 42.0 Å². The molecule has 1 N–H and O–H groups in total. The predicted octanol–water partition coefficient (Wildman–Crippen LogP) is 1.22. The maximum atomic E-state index is 12.0. The summed E-state index contributed by atoms with van der Waals surface area (Å²) in [6.45, 7) is 1.25. The van der Waals surface area contributed by atoms with Crippen LogP contribution >= 0.6 is 0 Å². The van der Waals surface area contributed by atoms with Crippen LogP contribution in [0.2, 0.25) is 0 Å². The van der Waals surface area contributed by atoms with Gasteiger partial charge in [0.2, 0.25) is 0 Å². The second-order valence-corrected chi connectivity index (χ2v) is 3.89. The number of nitrogens with zero attached hydrogens (tertiary/aromatic N) is 2. The Morgan fingerprint density at radius 1 is 1.29 bits per heavy atom. The Morgan fingerprint density at radius 2 is 2.06 bits per heavy atom. The molecule has 0 saturated carbocycles. The highest BCUT2D eigenvalue weighted by Gasteiger charge is 2.27. The van der Waals surface area contributed by atoms with Gasteiger partial charge in [0.25, 0.3) is 0 Å². The summed E-state index contributed by atoms with van der Waals surface area (Å²) in [7, 11) is 0. The number of rotatable bonds is 3. The number of carbonyl (C=O) groups is 2. The lowest BCUT2D eigenvalue weighted by Gasteiger charge is -2.34. The Hall–Kier alpha value is -2.04. The van der Waals surface area contributed by atoms with Gasteiger partial charge in [-0.05, 0) is 18.6 Å². The third kappa shape index (κ3) is 2.22. The Labute approximate surface area is 99.3 Å². The van der Waals surface area contributed by atoms with Gasteiger partial charge in [-0.3, -0.25) is 4.90 Å². The molecule has 1 fully saturated rings. The molecule has 1 saturated heterocycles. The Kier molecular flexibility index (Phi) is 3.27. The Balaban J connectivity index is 2.24. The molecule has 0 radical (unpaired) electrons. The van der Waals surface area contributed by atoms with Gasteiger partial charge in [-0.1, -0.05) is 12.1 Å². The number of para-hydroxylation sites is 2. The van der Waals surface area contributed by atoms with E-state index in [2.05, 4.69) is 0 Å². The fourth-order valence-corrected chi connectivity index (χ4v) is 1.96. The van der Waals surface area contributed by atoms with Gasteiger partial charge in [0.05, 0.1) is 12.2 Å². The van der Waals surface area contributed by atoms with Crippen molar-refractivity contribution in [3.63, 3.8) is 0 Å². The number of phenols is 1. The summed E-state index contributed by atoms with van der Waals surface area (Å²) in [4.78, 5) is 25.5. The van der Waals surface area contributed by atoms with E-state index in [0.717, 1.165) is 6.42 Å². The van der Waals surface area contributed by atoms with Gasteiger partial charge in [0, 0.05) is 13.1 Å². The molecule has 0 unspecified atom stereocenters. The lowest BCUT2D eigenvalue weighted by atomic mass is 10.2. The lowest BCUT2D eigenvalue weighted by Crippen LogP contribution is -2.50. The molecule has 0 spiro atoms. The number of hydrogen-bond donors (Lipinski definition) is 1. The van der Waals surface area contributed by atoms with Crippen molar-refractivity contribution >= 4 is 18.0 Å². The van der Waals surface area contributed by atoms with E-state index >= 15 is 0 Å². The second kappa shape index (κ2) is 4.86. The van der Waals surface area contributed by atoms with Crippen LogP contribution in [0.25, 0.3) is 0 Å². The second-order valence-electron chi connectivity index (χ2n) is 3.89. The highest BCUT2D eigenvalue weighted by atomic mass is 16.3. The first-order chi connectivity index (χ1) is 8.24. The van der Waals surface area contributed by atoms with Crippen molar-refractivity contribution in [3.05, 3.63) is 24.3 Å². The number of anilines is 1. The highest BCUT2D eigenvalue weighted by Crippen LogP contribution is 2.28. The largest absolute Gasteiger partial charge is 0.506 e. The summed E-state index contributed by atoms with van der Waals surface area (Å²) >= 11 is 0. The molecule has 1 aromatic rings.